The molecule has 1 unspecified atom stereocenters. The molecule has 0 aliphatic rings. The van der Waals surface area contributed by atoms with Crippen LogP contribution in [0.1, 0.15) is 29.7 Å². The molecule has 0 aromatic heterocycles. The molecule has 0 spiro atoms. The topological polar surface area (TPSA) is 46.2 Å². The Bertz CT molecular complexity index is 734. The highest BCUT2D eigenvalue weighted by Gasteiger charge is 2.10. The van der Waals surface area contributed by atoms with Crippen LogP contribution >= 0.6 is 0 Å². The van der Waals surface area contributed by atoms with E-state index in [0.717, 1.165) is 5.69 Å². The molecular weight excluding hydrogens is 282 g/mol. The number of nitrogens with one attached hydrogen (secondary N) is 1. The zero-order valence-electron chi connectivity index (χ0n) is 12.8. The molecule has 1 N–H and O–H groups in total. The normalized spacial score (nSPS) is 13.0. The number of rotatable bonds is 4. The van der Waals surface area contributed by atoms with Gasteiger partial charge in [-0.2, -0.15) is 0 Å². The van der Waals surface area contributed by atoms with E-state index >= 15 is 0 Å². The lowest BCUT2D eigenvalue weighted by molar-refractivity contribution is 0.602. The fraction of sp³-hybridized carbons (Fsp3) is 0.294. The van der Waals surface area contributed by atoms with Crippen molar-refractivity contribution < 1.29 is 8.42 Å². The largest absolute Gasteiger partial charge is 0.379 e. The quantitative estimate of drug-likeness (QED) is 0.932. The highest BCUT2D eigenvalue weighted by atomic mass is 32.2. The van der Waals surface area contributed by atoms with Gasteiger partial charge in [0.2, 0.25) is 0 Å². The van der Waals surface area contributed by atoms with Crippen molar-refractivity contribution in [2.75, 3.05) is 11.6 Å². The van der Waals surface area contributed by atoms with E-state index in [1.54, 1.807) is 24.3 Å². The van der Waals surface area contributed by atoms with E-state index in [1.807, 2.05) is 0 Å². The molecule has 0 heterocycles. The average Bonchev–Trinajstić information content (AvgIpc) is 2.41. The van der Waals surface area contributed by atoms with Gasteiger partial charge in [-0.25, -0.2) is 8.42 Å². The lowest BCUT2D eigenvalue weighted by Crippen LogP contribution is -2.08. The number of aryl methyl sites for hydroxylation is 2. The van der Waals surface area contributed by atoms with Crippen molar-refractivity contribution in [1.29, 1.82) is 0 Å². The van der Waals surface area contributed by atoms with Gasteiger partial charge in [-0.05, 0) is 56.2 Å². The zero-order valence-corrected chi connectivity index (χ0v) is 13.7. The highest BCUT2D eigenvalue weighted by molar-refractivity contribution is 7.90. The molecule has 2 aromatic carbocycles. The first-order valence-corrected chi connectivity index (χ1v) is 8.80. The van der Waals surface area contributed by atoms with Gasteiger partial charge in [0.15, 0.2) is 9.84 Å². The van der Waals surface area contributed by atoms with Crippen molar-refractivity contribution in [3.63, 3.8) is 0 Å². The monoisotopic (exact) mass is 303 g/mol. The molecule has 0 bridgehead atoms. The van der Waals surface area contributed by atoms with Crippen LogP contribution in [0.15, 0.2) is 47.4 Å². The lowest BCUT2D eigenvalue weighted by Gasteiger charge is -2.18. The van der Waals surface area contributed by atoms with Crippen LogP contribution in [-0.2, 0) is 9.84 Å². The van der Waals surface area contributed by atoms with Crippen LogP contribution in [0.4, 0.5) is 5.69 Å². The molecule has 4 heteroatoms. The summed E-state index contributed by atoms with van der Waals surface area (Å²) in [7, 11) is -3.14. The molecule has 0 aliphatic heterocycles. The van der Waals surface area contributed by atoms with Gasteiger partial charge in [0, 0.05) is 18.0 Å². The van der Waals surface area contributed by atoms with Crippen molar-refractivity contribution in [3.05, 3.63) is 59.2 Å². The van der Waals surface area contributed by atoms with Crippen molar-refractivity contribution >= 4 is 15.5 Å². The fourth-order valence-electron chi connectivity index (χ4n) is 2.35. The Labute approximate surface area is 126 Å². The number of hydrogen-bond acceptors (Lipinski definition) is 3. The second-order valence-electron chi connectivity index (χ2n) is 5.52. The van der Waals surface area contributed by atoms with E-state index < -0.39 is 9.84 Å². The van der Waals surface area contributed by atoms with Crippen LogP contribution in [-0.4, -0.2) is 14.7 Å². The Morgan fingerprint density at radius 3 is 2.19 bits per heavy atom. The van der Waals surface area contributed by atoms with Gasteiger partial charge >= 0.3 is 0 Å². The summed E-state index contributed by atoms with van der Waals surface area (Å²) in [5.41, 5.74) is 4.64. The lowest BCUT2D eigenvalue weighted by atomic mass is 10.00. The zero-order chi connectivity index (χ0) is 15.6. The first kappa shape index (κ1) is 15.6. The molecule has 0 saturated heterocycles. The van der Waals surface area contributed by atoms with E-state index in [9.17, 15) is 8.42 Å². The standard InChI is InChI=1S/C17H21NO2S/c1-12-5-6-13(2)17(11-12)14(3)18-15-7-9-16(10-8-15)21(4,19)20/h5-11,14,18H,1-4H3. The molecule has 0 radical (unpaired) electrons. The molecule has 112 valence electrons. The summed E-state index contributed by atoms with van der Waals surface area (Å²) in [4.78, 5) is 0.340. The Kier molecular flexibility index (Phi) is 4.37. The maximum atomic E-state index is 11.4. The van der Waals surface area contributed by atoms with Crippen LogP contribution in [0.2, 0.25) is 0 Å². The Morgan fingerprint density at radius 2 is 1.62 bits per heavy atom. The number of benzene rings is 2. The smallest absolute Gasteiger partial charge is 0.175 e. The first-order chi connectivity index (χ1) is 9.77. The van der Waals surface area contributed by atoms with Crippen molar-refractivity contribution in [1.82, 2.24) is 0 Å². The van der Waals surface area contributed by atoms with E-state index in [1.165, 1.54) is 22.9 Å². The van der Waals surface area contributed by atoms with Gasteiger partial charge in [-0.1, -0.05) is 23.8 Å². The molecule has 1 atom stereocenters. The average molecular weight is 303 g/mol. The predicted molar refractivity (Wildman–Crippen MR) is 87.5 cm³/mol. The summed E-state index contributed by atoms with van der Waals surface area (Å²) >= 11 is 0. The summed E-state index contributed by atoms with van der Waals surface area (Å²) in [6.45, 7) is 6.28. The van der Waals surface area contributed by atoms with Crippen molar-refractivity contribution in [2.24, 2.45) is 0 Å². The van der Waals surface area contributed by atoms with Gasteiger partial charge in [0.05, 0.1) is 4.90 Å². The van der Waals surface area contributed by atoms with E-state index in [4.69, 9.17) is 0 Å². The highest BCUT2D eigenvalue weighted by Crippen LogP contribution is 2.24. The summed E-state index contributed by atoms with van der Waals surface area (Å²) in [5.74, 6) is 0. The minimum Gasteiger partial charge on any atom is -0.379 e. The molecule has 2 aromatic rings. The number of anilines is 1. The molecule has 0 saturated carbocycles. The molecule has 3 nitrogen and oxygen atoms in total. The number of hydrogen-bond donors (Lipinski definition) is 1. The Hall–Kier alpha value is -1.81. The third-order valence-electron chi connectivity index (χ3n) is 3.57. The van der Waals surface area contributed by atoms with E-state index in [-0.39, 0.29) is 6.04 Å². The van der Waals surface area contributed by atoms with Gasteiger partial charge in [-0.15, -0.1) is 0 Å². The van der Waals surface area contributed by atoms with Crippen LogP contribution in [0.3, 0.4) is 0 Å². The SMILES string of the molecule is Cc1ccc(C)c(C(C)Nc2ccc(S(C)(=O)=O)cc2)c1. The fourth-order valence-corrected chi connectivity index (χ4v) is 2.98. The molecule has 0 aliphatic carbocycles. The van der Waals surface area contributed by atoms with Crippen LogP contribution in [0.5, 0.6) is 0 Å². The maximum Gasteiger partial charge on any atom is 0.175 e. The van der Waals surface area contributed by atoms with Gasteiger partial charge in [-0.3, -0.25) is 0 Å². The van der Waals surface area contributed by atoms with Gasteiger partial charge in [0.25, 0.3) is 0 Å². The van der Waals surface area contributed by atoms with Crippen LogP contribution in [0.25, 0.3) is 0 Å². The number of sulfone groups is 1. The van der Waals surface area contributed by atoms with Crippen molar-refractivity contribution in [2.45, 2.75) is 31.7 Å². The van der Waals surface area contributed by atoms with E-state index in [2.05, 4.69) is 44.3 Å². The second-order valence-corrected chi connectivity index (χ2v) is 7.54. The summed E-state index contributed by atoms with van der Waals surface area (Å²) < 4.78 is 22.9. The molecule has 0 fully saturated rings. The minimum absolute atomic E-state index is 0.161. The summed E-state index contributed by atoms with van der Waals surface area (Å²) in [6.07, 6.45) is 1.22. The van der Waals surface area contributed by atoms with Crippen LogP contribution < -0.4 is 5.32 Å². The third kappa shape index (κ3) is 3.85. The molecular formula is C17H21NO2S. The molecule has 21 heavy (non-hydrogen) atoms. The third-order valence-corrected chi connectivity index (χ3v) is 4.70. The summed E-state index contributed by atoms with van der Waals surface area (Å²) in [6, 6.07) is 13.4. The van der Waals surface area contributed by atoms with Crippen molar-refractivity contribution in [3.8, 4) is 0 Å². The van der Waals surface area contributed by atoms with E-state index in [0.29, 0.717) is 4.90 Å². The predicted octanol–water partition coefficient (Wildman–Crippen LogP) is 3.88. The minimum atomic E-state index is -3.14. The maximum absolute atomic E-state index is 11.4. The molecule has 0 amide bonds. The van der Waals surface area contributed by atoms with Gasteiger partial charge in [0.1, 0.15) is 0 Å². The Balaban J connectivity index is 2.20. The van der Waals surface area contributed by atoms with Gasteiger partial charge < -0.3 is 5.32 Å². The Morgan fingerprint density at radius 1 is 1.00 bits per heavy atom. The summed E-state index contributed by atoms with van der Waals surface area (Å²) in [5, 5.41) is 3.41. The first-order valence-electron chi connectivity index (χ1n) is 6.91. The molecule has 2 rings (SSSR count). The van der Waals surface area contributed by atoms with Crippen LogP contribution in [0, 0.1) is 13.8 Å². The second kappa shape index (κ2) is 5.90.